The van der Waals surface area contributed by atoms with Gasteiger partial charge in [0.05, 0.1) is 13.2 Å². The van der Waals surface area contributed by atoms with Gasteiger partial charge in [0.25, 0.3) is 0 Å². The van der Waals surface area contributed by atoms with Crippen molar-refractivity contribution in [1.29, 1.82) is 0 Å². The number of hydrogen-bond acceptors (Lipinski definition) is 2. The average molecular weight is 280 g/mol. The number of hydrogen-bond donors (Lipinski definition) is 1. The van der Waals surface area contributed by atoms with Crippen molar-refractivity contribution in [3.63, 3.8) is 0 Å². The van der Waals surface area contributed by atoms with Crippen LogP contribution < -0.4 is 5.32 Å². The molecule has 0 aliphatic rings. The monoisotopic (exact) mass is 280 g/mol. The second kappa shape index (κ2) is 7.17. The van der Waals surface area contributed by atoms with E-state index in [-0.39, 0.29) is 0 Å². The minimum absolute atomic E-state index is 0.317. The van der Waals surface area contributed by atoms with Gasteiger partial charge in [-0.25, -0.2) is 8.78 Å². The molecule has 1 aromatic carbocycles. The molecule has 0 amide bonds. The Morgan fingerprint density at radius 3 is 2.90 bits per heavy atom. The lowest BCUT2D eigenvalue weighted by Crippen LogP contribution is -2.20. The quantitative estimate of drug-likeness (QED) is 0.789. The minimum Gasteiger partial charge on any atom is -0.383 e. The normalized spacial score (nSPS) is 10.9. The summed E-state index contributed by atoms with van der Waals surface area (Å²) in [5.41, 5.74) is 1.36. The summed E-state index contributed by atoms with van der Waals surface area (Å²) in [6.45, 7) is 2.36. The molecule has 0 aliphatic carbocycles. The molecule has 20 heavy (non-hydrogen) atoms. The summed E-state index contributed by atoms with van der Waals surface area (Å²) >= 11 is 0. The fourth-order valence-electron chi connectivity index (χ4n) is 2.00. The van der Waals surface area contributed by atoms with Crippen LogP contribution in [0.5, 0.6) is 0 Å². The van der Waals surface area contributed by atoms with Crippen LogP contribution in [0, 0.1) is 11.6 Å². The third-order valence-electron chi connectivity index (χ3n) is 3.06. The molecule has 0 atom stereocenters. The van der Waals surface area contributed by atoms with E-state index >= 15 is 0 Å². The van der Waals surface area contributed by atoms with Crippen molar-refractivity contribution in [3.05, 3.63) is 59.4 Å². The Bertz CT molecular complexity index is 555. The fraction of sp³-hybridized carbons (Fsp3) is 0.333. The zero-order chi connectivity index (χ0) is 14.4. The number of benzene rings is 1. The first kappa shape index (κ1) is 14.7. The molecule has 1 N–H and O–H groups in total. The van der Waals surface area contributed by atoms with Crippen LogP contribution in [0.1, 0.15) is 11.3 Å². The summed E-state index contributed by atoms with van der Waals surface area (Å²) in [5, 5.41) is 3.23. The average Bonchev–Trinajstić information content (AvgIpc) is 2.86. The van der Waals surface area contributed by atoms with Crippen LogP contribution in [0.2, 0.25) is 0 Å². The van der Waals surface area contributed by atoms with Crippen molar-refractivity contribution in [3.8, 4) is 0 Å². The van der Waals surface area contributed by atoms with E-state index in [0.717, 1.165) is 24.4 Å². The van der Waals surface area contributed by atoms with Crippen LogP contribution >= 0.6 is 0 Å². The van der Waals surface area contributed by atoms with Crippen LogP contribution in [0.15, 0.2) is 36.5 Å². The van der Waals surface area contributed by atoms with Crippen LogP contribution in [0.3, 0.4) is 0 Å². The van der Waals surface area contributed by atoms with Gasteiger partial charge in [0.2, 0.25) is 0 Å². The molecule has 0 fully saturated rings. The van der Waals surface area contributed by atoms with Crippen molar-refractivity contribution in [1.82, 2.24) is 9.88 Å². The van der Waals surface area contributed by atoms with E-state index in [1.807, 2.05) is 22.9 Å². The highest BCUT2D eigenvalue weighted by atomic mass is 19.1. The first-order chi connectivity index (χ1) is 9.70. The molecule has 3 nitrogen and oxygen atoms in total. The van der Waals surface area contributed by atoms with Crippen molar-refractivity contribution < 1.29 is 13.5 Å². The zero-order valence-electron chi connectivity index (χ0n) is 11.4. The molecule has 0 unspecified atom stereocenters. The Morgan fingerprint density at radius 2 is 2.10 bits per heavy atom. The molecule has 0 spiro atoms. The highest BCUT2D eigenvalue weighted by Crippen LogP contribution is 2.13. The molecular weight excluding hydrogens is 262 g/mol. The number of nitrogens with zero attached hydrogens (tertiary/aromatic N) is 1. The van der Waals surface area contributed by atoms with Crippen LogP contribution in [-0.2, 0) is 17.8 Å². The molecule has 108 valence electrons. The molecule has 1 heterocycles. The van der Waals surface area contributed by atoms with Gasteiger partial charge in [-0.3, -0.25) is 0 Å². The second-order valence-electron chi connectivity index (χ2n) is 4.53. The van der Waals surface area contributed by atoms with Crippen LogP contribution in [0.4, 0.5) is 8.78 Å². The van der Waals surface area contributed by atoms with E-state index in [2.05, 4.69) is 5.32 Å². The number of ether oxygens (including phenoxy) is 1. The Hall–Kier alpha value is -1.72. The first-order valence-corrected chi connectivity index (χ1v) is 6.48. The van der Waals surface area contributed by atoms with Crippen molar-refractivity contribution in [2.45, 2.75) is 13.1 Å². The maximum absolute atomic E-state index is 13.6. The lowest BCUT2D eigenvalue weighted by Gasteiger charge is -2.11. The fourth-order valence-corrected chi connectivity index (χ4v) is 2.00. The highest BCUT2D eigenvalue weighted by Gasteiger charge is 2.07. The molecule has 0 radical (unpaired) electrons. The third kappa shape index (κ3) is 3.88. The zero-order valence-corrected chi connectivity index (χ0v) is 11.4. The summed E-state index contributed by atoms with van der Waals surface area (Å²) in [6.07, 6.45) is 1.86. The molecule has 2 rings (SSSR count). The van der Waals surface area contributed by atoms with E-state index < -0.39 is 11.6 Å². The van der Waals surface area contributed by atoms with E-state index in [1.54, 1.807) is 7.11 Å². The van der Waals surface area contributed by atoms with Gasteiger partial charge in [-0.2, -0.15) is 0 Å². The Morgan fingerprint density at radius 1 is 1.25 bits per heavy atom. The summed E-state index contributed by atoms with van der Waals surface area (Å²) in [7, 11) is 1.65. The minimum atomic E-state index is -0.423. The number of nitrogens with one attached hydrogen (secondary N) is 1. The van der Waals surface area contributed by atoms with E-state index in [1.165, 1.54) is 6.07 Å². The lowest BCUT2D eigenvalue weighted by molar-refractivity contribution is 0.199. The van der Waals surface area contributed by atoms with Crippen molar-refractivity contribution in [2.75, 3.05) is 20.3 Å². The van der Waals surface area contributed by atoms with Crippen molar-refractivity contribution >= 4 is 0 Å². The summed E-state index contributed by atoms with van der Waals surface area (Å²) < 4.78 is 33.7. The number of aromatic nitrogens is 1. The van der Waals surface area contributed by atoms with Crippen LogP contribution in [0.25, 0.3) is 0 Å². The summed E-state index contributed by atoms with van der Waals surface area (Å²) in [6, 6.07) is 7.37. The molecule has 0 aliphatic heterocycles. The molecule has 0 saturated heterocycles. The van der Waals surface area contributed by atoms with Crippen molar-refractivity contribution in [2.24, 2.45) is 0 Å². The third-order valence-corrected chi connectivity index (χ3v) is 3.06. The maximum atomic E-state index is 13.6. The standard InChI is InChI=1S/C15H18F2N2O/c1-20-8-6-18-10-14-3-2-7-19(14)11-12-9-13(16)4-5-15(12)17/h2-5,7,9,18H,6,8,10-11H2,1H3. The highest BCUT2D eigenvalue weighted by molar-refractivity contribution is 5.20. The smallest absolute Gasteiger partial charge is 0.128 e. The molecular formula is C15H18F2N2O. The summed E-state index contributed by atoms with van der Waals surface area (Å²) in [4.78, 5) is 0. The van der Waals surface area contributed by atoms with Gasteiger partial charge in [-0.1, -0.05) is 0 Å². The van der Waals surface area contributed by atoms with Gasteiger partial charge in [0.15, 0.2) is 0 Å². The molecule has 5 heteroatoms. The summed E-state index contributed by atoms with van der Waals surface area (Å²) in [5.74, 6) is -0.813. The van der Waals surface area contributed by atoms with Gasteiger partial charge < -0.3 is 14.6 Å². The Balaban J connectivity index is 2.02. The SMILES string of the molecule is COCCNCc1cccn1Cc1cc(F)ccc1F. The van der Waals surface area contributed by atoms with Gasteiger partial charge in [-0.15, -0.1) is 0 Å². The van der Waals surface area contributed by atoms with Gasteiger partial charge >= 0.3 is 0 Å². The second-order valence-corrected chi connectivity index (χ2v) is 4.53. The largest absolute Gasteiger partial charge is 0.383 e. The lowest BCUT2D eigenvalue weighted by atomic mass is 10.2. The molecule has 0 bridgehead atoms. The topological polar surface area (TPSA) is 26.2 Å². The van der Waals surface area contributed by atoms with Crippen LogP contribution in [-0.4, -0.2) is 24.8 Å². The number of methoxy groups -OCH3 is 1. The number of halogens is 2. The molecule has 1 aromatic heterocycles. The maximum Gasteiger partial charge on any atom is 0.128 e. The van der Waals surface area contributed by atoms with E-state index in [9.17, 15) is 8.78 Å². The van der Waals surface area contributed by atoms with Gasteiger partial charge in [0.1, 0.15) is 11.6 Å². The van der Waals surface area contributed by atoms with Gasteiger partial charge in [0, 0.05) is 37.7 Å². The first-order valence-electron chi connectivity index (χ1n) is 6.48. The van der Waals surface area contributed by atoms with Gasteiger partial charge in [-0.05, 0) is 30.3 Å². The predicted molar refractivity (Wildman–Crippen MR) is 73.5 cm³/mol. The number of rotatable bonds is 7. The molecule has 0 saturated carbocycles. The Labute approximate surface area is 117 Å². The van der Waals surface area contributed by atoms with E-state index in [0.29, 0.717) is 25.3 Å². The van der Waals surface area contributed by atoms with E-state index in [4.69, 9.17) is 4.74 Å². The predicted octanol–water partition coefficient (Wildman–Crippen LogP) is 2.55. The molecule has 2 aromatic rings. The Kier molecular flexibility index (Phi) is 5.26.